The molecule has 0 radical (unpaired) electrons. The number of ether oxygens (including phenoxy) is 1. The molecule has 0 saturated carbocycles. The summed E-state index contributed by atoms with van der Waals surface area (Å²) < 4.78 is 5.00. The van der Waals surface area contributed by atoms with Crippen LogP contribution in [0.5, 0.6) is 0 Å². The molecule has 0 amide bonds. The maximum absolute atomic E-state index is 11.4. The van der Waals surface area contributed by atoms with Gasteiger partial charge in [-0.1, -0.05) is 6.92 Å². The first-order chi connectivity index (χ1) is 6.63. The second-order valence-electron chi connectivity index (χ2n) is 4.76. The van der Waals surface area contributed by atoms with Gasteiger partial charge in [0.1, 0.15) is 17.8 Å². The van der Waals surface area contributed by atoms with Crippen LogP contribution < -0.4 is 0 Å². The zero-order valence-corrected chi connectivity index (χ0v) is 10.0. The molecule has 0 aliphatic carbocycles. The lowest BCUT2D eigenvalue weighted by molar-refractivity contribution is -0.157. The van der Waals surface area contributed by atoms with Crippen LogP contribution in [-0.2, 0) is 14.3 Å². The molecule has 15 heavy (non-hydrogen) atoms. The summed E-state index contributed by atoms with van der Waals surface area (Å²) in [6.07, 6.45) is -1.01. The highest BCUT2D eigenvalue weighted by molar-refractivity contribution is 5.96. The Morgan fingerprint density at radius 2 is 1.73 bits per heavy atom. The molecule has 0 fully saturated rings. The highest BCUT2D eigenvalue weighted by Gasteiger charge is 2.24. The van der Waals surface area contributed by atoms with E-state index in [0.717, 1.165) is 0 Å². The average molecular weight is 216 g/mol. The standard InChI is InChI=1S/C11H20O4/c1-7(8(2)12)9(13)6-10(14)15-11(3,4)5/h7-8,12H,6H2,1-5H3/t7-,8-/m1/s1. The minimum atomic E-state index is -0.736. The summed E-state index contributed by atoms with van der Waals surface area (Å²) in [6.45, 7) is 8.35. The van der Waals surface area contributed by atoms with Crippen LogP contribution >= 0.6 is 0 Å². The van der Waals surface area contributed by atoms with Crippen molar-refractivity contribution in [3.8, 4) is 0 Å². The Morgan fingerprint density at radius 3 is 2.07 bits per heavy atom. The highest BCUT2D eigenvalue weighted by Crippen LogP contribution is 2.11. The van der Waals surface area contributed by atoms with Gasteiger partial charge in [-0.05, 0) is 27.7 Å². The van der Waals surface area contributed by atoms with Crippen LogP contribution in [0.2, 0.25) is 0 Å². The van der Waals surface area contributed by atoms with Crippen LogP contribution in [-0.4, -0.2) is 28.6 Å². The van der Waals surface area contributed by atoms with Gasteiger partial charge in [-0.25, -0.2) is 0 Å². The molecule has 2 atom stereocenters. The molecule has 4 heteroatoms. The third-order valence-electron chi connectivity index (χ3n) is 1.97. The first kappa shape index (κ1) is 14.1. The van der Waals surface area contributed by atoms with Gasteiger partial charge in [0, 0.05) is 5.92 Å². The third-order valence-corrected chi connectivity index (χ3v) is 1.97. The lowest BCUT2D eigenvalue weighted by Crippen LogP contribution is -2.29. The van der Waals surface area contributed by atoms with Gasteiger partial charge in [-0.15, -0.1) is 0 Å². The number of carbonyl (C=O) groups excluding carboxylic acids is 2. The fourth-order valence-electron chi connectivity index (χ4n) is 0.950. The molecule has 0 heterocycles. The molecule has 4 nitrogen and oxygen atoms in total. The molecule has 0 aromatic rings. The van der Waals surface area contributed by atoms with E-state index < -0.39 is 23.6 Å². The zero-order valence-electron chi connectivity index (χ0n) is 10.0. The number of esters is 1. The van der Waals surface area contributed by atoms with Crippen LogP contribution in [0, 0.1) is 5.92 Å². The smallest absolute Gasteiger partial charge is 0.313 e. The van der Waals surface area contributed by atoms with Gasteiger partial charge in [0.25, 0.3) is 0 Å². The predicted octanol–water partition coefficient (Wildman–Crippen LogP) is 1.30. The second kappa shape index (κ2) is 5.26. The van der Waals surface area contributed by atoms with E-state index in [2.05, 4.69) is 0 Å². The van der Waals surface area contributed by atoms with Crippen molar-refractivity contribution in [1.82, 2.24) is 0 Å². The Kier molecular flexibility index (Phi) is 4.94. The number of hydrogen-bond acceptors (Lipinski definition) is 4. The molecule has 0 aromatic heterocycles. The molecule has 0 saturated heterocycles. The fraction of sp³-hybridized carbons (Fsp3) is 0.818. The number of hydrogen-bond donors (Lipinski definition) is 1. The fourth-order valence-corrected chi connectivity index (χ4v) is 0.950. The van der Waals surface area contributed by atoms with Gasteiger partial charge in [0.05, 0.1) is 6.10 Å². The number of rotatable bonds is 4. The van der Waals surface area contributed by atoms with Gasteiger partial charge in [-0.2, -0.15) is 0 Å². The van der Waals surface area contributed by atoms with Crippen LogP contribution in [0.25, 0.3) is 0 Å². The van der Waals surface area contributed by atoms with E-state index in [0.29, 0.717) is 0 Å². The minimum Gasteiger partial charge on any atom is -0.460 e. The molecular formula is C11H20O4. The summed E-state index contributed by atoms with van der Waals surface area (Å²) in [6, 6.07) is 0. The lowest BCUT2D eigenvalue weighted by atomic mass is 9.99. The average Bonchev–Trinajstić information content (AvgIpc) is 1.98. The first-order valence-corrected chi connectivity index (χ1v) is 5.06. The summed E-state index contributed by atoms with van der Waals surface area (Å²) in [5.74, 6) is -1.36. The van der Waals surface area contributed by atoms with Gasteiger partial charge in [-0.3, -0.25) is 9.59 Å². The number of Topliss-reactive ketones (excluding diaryl/α,β-unsaturated/α-hetero) is 1. The zero-order chi connectivity index (χ0) is 12.2. The number of carbonyl (C=O) groups is 2. The summed E-state index contributed by atoms with van der Waals surface area (Å²) in [4.78, 5) is 22.7. The molecule has 0 unspecified atom stereocenters. The number of aliphatic hydroxyl groups excluding tert-OH is 1. The molecule has 0 bridgehead atoms. The van der Waals surface area contributed by atoms with Crippen LogP contribution in [0.1, 0.15) is 41.0 Å². The monoisotopic (exact) mass is 216 g/mol. The molecule has 0 aromatic carbocycles. The van der Waals surface area contributed by atoms with Crippen molar-refractivity contribution in [2.75, 3.05) is 0 Å². The predicted molar refractivity (Wildman–Crippen MR) is 56.3 cm³/mol. The second-order valence-corrected chi connectivity index (χ2v) is 4.76. The number of ketones is 1. The molecule has 88 valence electrons. The van der Waals surface area contributed by atoms with Crippen molar-refractivity contribution in [2.45, 2.75) is 52.7 Å². The van der Waals surface area contributed by atoms with Gasteiger partial charge in [0.15, 0.2) is 0 Å². The molecule has 1 N–H and O–H groups in total. The summed E-state index contributed by atoms with van der Waals surface area (Å²) >= 11 is 0. The molecule has 0 aliphatic rings. The Morgan fingerprint density at radius 1 is 1.27 bits per heavy atom. The molecule has 0 aliphatic heterocycles. The third kappa shape index (κ3) is 6.23. The summed E-state index contributed by atoms with van der Waals surface area (Å²) in [5.41, 5.74) is -0.578. The van der Waals surface area contributed by atoms with Crippen molar-refractivity contribution in [3.05, 3.63) is 0 Å². The maximum atomic E-state index is 11.4. The van der Waals surface area contributed by atoms with E-state index in [1.54, 1.807) is 27.7 Å². The quantitative estimate of drug-likeness (QED) is 0.568. The Bertz CT molecular complexity index is 237. The van der Waals surface area contributed by atoms with E-state index in [-0.39, 0.29) is 12.2 Å². The minimum absolute atomic E-state index is 0.274. The van der Waals surface area contributed by atoms with E-state index in [9.17, 15) is 9.59 Å². The van der Waals surface area contributed by atoms with Gasteiger partial charge >= 0.3 is 5.97 Å². The Labute approximate surface area is 90.6 Å². The van der Waals surface area contributed by atoms with Crippen molar-refractivity contribution in [1.29, 1.82) is 0 Å². The number of aliphatic hydroxyl groups is 1. The lowest BCUT2D eigenvalue weighted by Gasteiger charge is -2.20. The Balaban J connectivity index is 4.14. The van der Waals surface area contributed by atoms with Crippen molar-refractivity contribution < 1.29 is 19.4 Å². The molecule has 0 spiro atoms. The van der Waals surface area contributed by atoms with Crippen molar-refractivity contribution >= 4 is 11.8 Å². The van der Waals surface area contributed by atoms with Crippen LogP contribution in [0.4, 0.5) is 0 Å². The SMILES string of the molecule is C[C@@H](O)[C@@H](C)C(=O)CC(=O)OC(C)(C)C. The molecular weight excluding hydrogens is 196 g/mol. The van der Waals surface area contributed by atoms with E-state index in [4.69, 9.17) is 9.84 Å². The summed E-state index contributed by atoms with van der Waals surface area (Å²) in [5, 5.41) is 9.16. The van der Waals surface area contributed by atoms with Gasteiger partial charge in [0.2, 0.25) is 0 Å². The largest absolute Gasteiger partial charge is 0.460 e. The van der Waals surface area contributed by atoms with E-state index in [1.807, 2.05) is 0 Å². The van der Waals surface area contributed by atoms with Crippen molar-refractivity contribution in [2.24, 2.45) is 5.92 Å². The van der Waals surface area contributed by atoms with E-state index >= 15 is 0 Å². The van der Waals surface area contributed by atoms with Crippen LogP contribution in [0.3, 0.4) is 0 Å². The topological polar surface area (TPSA) is 63.6 Å². The van der Waals surface area contributed by atoms with Crippen molar-refractivity contribution in [3.63, 3.8) is 0 Å². The normalized spacial score (nSPS) is 15.6. The first-order valence-electron chi connectivity index (χ1n) is 5.06. The van der Waals surface area contributed by atoms with Gasteiger partial charge < -0.3 is 9.84 Å². The maximum Gasteiger partial charge on any atom is 0.313 e. The molecule has 0 rings (SSSR count). The van der Waals surface area contributed by atoms with E-state index in [1.165, 1.54) is 6.92 Å². The highest BCUT2D eigenvalue weighted by atomic mass is 16.6. The Hall–Kier alpha value is -0.900. The summed E-state index contributed by atoms with van der Waals surface area (Å²) in [7, 11) is 0. The van der Waals surface area contributed by atoms with Crippen LogP contribution in [0.15, 0.2) is 0 Å².